The molecule has 1 fully saturated rings. The Morgan fingerprint density at radius 3 is 2.94 bits per heavy atom. The van der Waals surface area contributed by atoms with Crippen molar-refractivity contribution in [2.75, 3.05) is 6.54 Å². The lowest BCUT2D eigenvalue weighted by molar-refractivity contribution is -0.120. The van der Waals surface area contributed by atoms with Gasteiger partial charge in [-0.25, -0.2) is 0 Å². The SMILES string of the molecule is CCCN=C1NC(=O)C(c2cnn(C(C)C)c2)N1. The molecule has 1 aromatic rings. The maximum absolute atomic E-state index is 11.8. The van der Waals surface area contributed by atoms with Crippen LogP contribution in [-0.2, 0) is 4.79 Å². The summed E-state index contributed by atoms with van der Waals surface area (Å²) < 4.78 is 1.84. The van der Waals surface area contributed by atoms with Gasteiger partial charge in [0.05, 0.1) is 6.20 Å². The first-order chi connectivity index (χ1) is 8.61. The quantitative estimate of drug-likeness (QED) is 0.836. The fraction of sp³-hybridized carbons (Fsp3) is 0.583. The molecule has 1 aromatic heterocycles. The number of carbonyl (C=O) groups excluding carboxylic acids is 1. The van der Waals surface area contributed by atoms with Gasteiger partial charge in [0.1, 0.15) is 6.04 Å². The fourth-order valence-corrected chi connectivity index (χ4v) is 1.75. The largest absolute Gasteiger partial charge is 0.340 e. The van der Waals surface area contributed by atoms with Gasteiger partial charge in [-0.1, -0.05) is 6.92 Å². The van der Waals surface area contributed by atoms with Gasteiger partial charge in [-0.05, 0) is 20.3 Å². The van der Waals surface area contributed by atoms with Crippen molar-refractivity contribution in [3.63, 3.8) is 0 Å². The topological polar surface area (TPSA) is 71.3 Å². The van der Waals surface area contributed by atoms with Crippen molar-refractivity contribution in [2.45, 2.75) is 39.3 Å². The molecule has 2 heterocycles. The van der Waals surface area contributed by atoms with E-state index in [0.717, 1.165) is 12.0 Å². The van der Waals surface area contributed by atoms with Crippen molar-refractivity contribution in [3.8, 4) is 0 Å². The fourth-order valence-electron chi connectivity index (χ4n) is 1.75. The highest BCUT2D eigenvalue weighted by atomic mass is 16.2. The smallest absolute Gasteiger partial charge is 0.254 e. The van der Waals surface area contributed by atoms with Crippen molar-refractivity contribution in [1.29, 1.82) is 0 Å². The van der Waals surface area contributed by atoms with Crippen molar-refractivity contribution in [2.24, 2.45) is 4.99 Å². The summed E-state index contributed by atoms with van der Waals surface area (Å²) in [6.45, 7) is 6.85. The molecule has 0 bridgehead atoms. The zero-order valence-corrected chi connectivity index (χ0v) is 11.0. The zero-order chi connectivity index (χ0) is 13.1. The Labute approximate surface area is 106 Å². The van der Waals surface area contributed by atoms with Gasteiger partial charge in [-0.15, -0.1) is 0 Å². The lowest BCUT2D eigenvalue weighted by atomic mass is 10.2. The maximum atomic E-state index is 11.8. The molecule has 18 heavy (non-hydrogen) atoms. The van der Waals surface area contributed by atoms with Crippen LogP contribution in [0.4, 0.5) is 0 Å². The summed E-state index contributed by atoms with van der Waals surface area (Å²) in [4.78, 5) is 16.1. The highest BCUT2D eigenvalue weighted by Gasteiger charge is 2.30. The van der Waals surface area contributed by atoms with Crippen molar-refractivity contribution in [3.05, 3.63) is 18.0 Å². The number of aliphatic imine (C=N–C) groups is 1. The van der Waals surface area contributed by atoms with Crippen LogP contribution in [0.3, 0.4) is 0 Å². The van der Waals surface area contributed by atoms with E-state index in [-0.39, 0.29) is 18.0 Å². The summed E-state index contributed by atoms with van der Waals surface area (Å²) in [6.07, 6.45) is 4.57. The maximum Gasteiger partial charge on any atom is 0.254 e. The summed E-state index contributed by atoms with van der Waals surface area (Å²) in [5.74, 6) is 0.484. The van der Waals surface area contributed by atoms with E-state index in [0.29, 0.717) is 12.5 Å². The molecule has 1 saturated heterocycles. The molecule has 6 nitrogen and oxygen atoms in total. The van der Waals surface area contributed by atoms with Crippen LogP contribution in [-0.4, -0.2) is 28.2 Å². The van der Waals surface area contributed by atoms with Gasteiger partial charge < -0.3 is 5.32 Å². The molecule has 0 spiro atoms. The van der Waals surface area contributed by atoms with E-state index < -0.39 is 0 Å². The van der Waals surface area contributed by atoms with Crippen LogP contribution in [0.15, 0.2) is 17.4 Å². The van der Waals surface area contributed by atoms with Crippen molar-refractivity contribution in [1.82, 2.24) is 20.4 Å². The molecule has 6 heteroatoms. The van der Waals surface area contributed by atoms with Crippen molar-refractivity contribution >= 4 is 11.9 Å². The molecule has 1 aliphatic heterocycles. The average Bonchev–Trinajstić information content (AvgIpc) is 2.92. The summed E-state index contributed by atoms with van der Waals surface area (Å²) in [5, 5.41) is 10.1. The minimum atomic E-state index is -0.381. The summed E-state index contributed by atoms with van der Waals surface area (Å²) in [7, 11) is 0. The normalized spacial score (nSPS) is 21.4. The molecule has 0 radical (unpaired) electrons. The van der Waals surface area contributed by atoms with E-state index in [2.05, 4.69) is 20.7 Å². The van der Waals surface area contributed by atoms with E-state index in [1.165, 1.54) is 0 Å². The molecule has 0 aromatic carbocycles. The van der Waals surface area contributed by atoms with Gasteiger partial charge in [-0.2, -0.15) is 5.10 Å². The predicted molar refractivity (Wildman–Crippen MR) is 69.2 cm³/mol. The third-order valence-corrected chi connectivity index (χ3v) is 2.76. The zero-order valence-electron chi connectivity index (χ0n) is 11.0. The highest BCUT2D eigenvalue weighted by molar-refractivity contribution is 6.06. The molecule has 2 N–H and O–H groups in total. The van der Waals surface area contributed by atoms with Gasteiger partial charge in [0.25, 0.3) is 5.91 Å². The molecule has 0 saturated carbocycles. The first-order valence-corrected chi connectivity index (χ1v) is 6.27. The Kier molecular flexibility index (Phi) is 3.64. The van der Waals surface area contributed by atoms with E-state index in [4.69, 9.17) is 0 Å². The van der Waals surface area contributed by atoms with Crippen LogP contribution in [0.5, 0.6) is 0 Å². The minimum absolute atomic E-state index is 0.0758. The summed E-state index contributed by atoms with van der Waals surface area (Å²) in [5.41, 5.74) is 0.864. The molecule has 0 aliphatic carbocycles. The minimum Gasteiger partial charge on any atom is -0.340 e. The van der Waals surface area contributed by atoms with Crippen LogP contribution in [0, 0.1) is 0 Å². The van der Waals surface area contributed by atoms with Crippen LogP contribution < -0.4 is 10.6 Å². The van der Waals surface area contributed by atoms with Gasteiger partial charge >= 0.3 is 0 Å². The number of nitrogens with one attached hydrogen (secondary N) is 2. The lowest BCUT2D eigenvalue weighted by Crippen LogP contribution is -2.25. The number of hydrogen-bond donors (Lipinski definition) is 2. The van der Waals surface area contributed by atoms with Gasteiger partial charge in [0, 0.05) is 24.3 Å². The number of guanidine groups is 1. The number of nitrogens with zero attached hydrogens (tertiary/aromatic N) is 3. The summed E-state index contributed by atoms with van der Waals surface area (Å²) >= 11 is 0. The molecule has 98 valence electrons. The number of amides is 1. The van der Waals surface area contributed by atoms with Gasteiger partial charge in [0.2, 0.25) is 0 Å². The molecule has 1 atom stereocenters. The van der Waals surface area contributed by atoms with Crippen LogP contribution >= 0.6 is 0 Å². The van der Waals surface area contributed by atoms with E-state index >= 15 is 0 Å². The molecule has 1 aliphatic rings. The van der Waals surface area contributed by atoms with E-state index in [1.807, 2.05) is 31.6 Å². The molecular weight excluding hydrogens is 230 g/mol. The Morgan fingerprint density at radius 2 is 2.33 bits per heavy atom. The number of carbonyl (C=O) groups is 1. The lowest BCUT2D eigenvalue weighted by Gasteiger charge is -2.05. The average molecular weight is 249 g/mol. The standard InChI is InChI=1S/C12H19N5O/c1-4-5-13-12-15-10(11(18)16-12)9-6-14-17(7-9)8(2)3/h6-8,10H,4-5H2,1-3H3,(H2,13,15,16,18). The van der Waals surface area contributed by atoms with Gasteiger partial charge in [-0.3, -0.25) is 19.8 Å². The first kappa shape index (κ1) is 12.6. The monoisotopic (exact) mass is 249 g/mol. The third kappa shape index (κ3) is 2.52. The number of rotatable bonds is 4. The van der Waals surface area contributed by atoms with E-state index in [1.54, 1.807) is 6.20 Å². The highest BCUT2D eigenvalue weighted by Crippen LogP contribution is 2.17. The second-order valence-electron chi connectivity index (χ2n) is 4.64. The second kappa shape index (κ2) is 5.20. The Morgan fingerprint density at radius 1 is 1.56 bits per heavy atom. The van der Waals surface area contributed by atoms with Crippen LogP contribution in [0.25, 0.3) is 0 Å². The number of aromatic nitrogens is 2. The second-order valence-corrected chi connectivity index (χ2v) is 4.64. The van der Waals surface area contributed by atoms with Crippen LogP contribution in [0.1, 0.15) is 44.8 Å². The van der Waals surface area contributed by atoms with E-state index in [9.17, 15) is 4.79 Å². The Bertz CT molecular complexity index is 463. The molecule has 1 amide bonds. The summed E-state index contributed by atoms with van der Waals surface area (Å²) in [6, 6.07) is -0.0930. The van der Waals surface area contributed by atoms with Gasteiger partial charge in [0.15, 0.2) is 5.96 Å². The van der Waals surface area contributed by atoms with Crippen LogP contribution in [0.2, 0.25) is 0 Å². The molecule has 2 rings (SSSR count). The Balaban J connectivity index is 2.11. The first-order valence-electron chi connectivity index (χ1n) is 6.27. The Hall–Kier alpha value is -1.85. The third-order valence-electron chi connectivity index (χ3n) is 2.76. The predicted octanol–water partition coefficient (Wildman–Crippen LogP) is 0.990. The molecular formula is C12H19N5O. The molecule has 1 unspecified atom stereocenters. The van der Waals surface area contributed by atoms with Crippen molar-refractivity contribution < 1.29 is 4.79 Å². The number of hydrogen-bond acceptors (Lipinski definition) is 3.